The van der Waals surface area contributed by atoms with Crippen molar-refractivity contribution in [3.63, 3.8) is 0 Å². The van der Waals surface area contributed by atoms with Crippen LogP contribution in [-0.2, 0) is 0 Å². The minimum atomic E-state index is -0.504. The van der Waals surface area contributed by atoms with Crippen LogP contribution in [0.4, 0.5) is 0 Å². The number of hydrogen-bond acceptors (Lipinski definition) is 4. The average Bonchev–Trinajstić information content (AvgIpc) is 2.92. The lowest BCUT2D eigenvalue weighted by Gasteiger charge is -2.50. The van der Waals surface area contributed by atoms with E-state index in [2.05, 4.69) is 71.1 Å². The molecule has 0 radical (unpaired) electrons. The van der Waals surface area contributed by atoms with Crippen LogP contribution in [0.5, 0.6) is 5.75 Å². The Morgan fingerprint density at radius 1 is 1.06 bits per heavy atom. The van der Waals surface area contributed by atoms with Crippen molar-refractivity contribution in [2.75, 3.05) is 20.2 Å². The second kappa shape index (κ2) is 9.96. The molecule has 4 nitrogen and oxygen atoms in total. The molecular formula is C30H32N2O2. The molecule has 3 aromatic carbocycles. The van der Waals surface area contributed by atoms with E-state index >= 15 is 0 Å². The molecule has 1 aromatic heterocycles. The fourth-order valence-electron chi connectivity index (χ4n) is 5.58. The summed E-state index contributed by atoms with van der Waals surface area (Å²) in [4.78, 5) is 6.86. The van der Waals surface area contributed by atoms with Crippen LogP contribution in [0, 0.1) is 11.8 Å². The van der Waals surface area contributed by atoms with E-state index in [1.165, 1.54) is 17.2 Å². The summed E-state index contributed by atoms with van der Waals surface area (Å²) < 4.78 is 5.35. The minimum Gasteiger partial charge on any atom is -0.497 e. The van der Waals surface area contributed by atoms with Gasteiger partial charge in [0.05, 0.1) is 18.7 Å². The Morgan fingerprint density at radius 2 is 1.76 bits per heavy atom. The number of rotatable bonds is 4. The second-order valence-electron chi connectivity index (χ2n) is 9.32. The normalized spacial score (nSPS) is 24.3. The molecule has 0 saturated carbocycles. The second-order valence-corrected chi connectivity index (χ2v) is 9.32. The number of piperidine rings is 3. The molecular weight excluding hydrogens is 420 g/mol. The van der Waals surface area contributed by atoms with Crippen LogP contribution in [0.3, 0.4) is 0 Å². The van der Waals surface area contributed by atoms with Gasteiger partial charge in [-0.15, -0.1) is 6.58 Å². The van der Waals surface area contributed by atoms with E-state index in [-0.39, 0.29) is 6.04 Å². The molecule has 0 amide bonds. The van der Waals surface area contributed by atoms with Crippen LogP contribution in [0.25, 0.3) is 21.7 Å². The summed E-state index contributed by atoms with van der Waals surface area (Å²) >= 11 is 0. The number of pyridine rings is 1. The molecule has 7 rings (SSSR count). The third kappa shape index (κ3) is 4.44. The Balaban J connectivity index is 0.000000200. The SMILES string of the molecule is C=C[C@H]1CN2CC[C@H]1C[C@H]2[C@H](O)c1ccnc2ccc(OC)cc12.c1ccc2ccccc2c1. The maximum atomic E-state index is 11.2. The van der Waals surface area contributed by atoms with Crippen LogP contribution in [0.1, 0.15) is 24.5 Å². The highest BCUT2D eigenvalue weighted by Crippen LogP contribution is 2.42. The Kier molecular flexibility index (Phi) is 6.61. The number of methoxy groups -OCH3 is 1. The standard InChI is InChI=1S/C20H24N2O2.C10H8/c1-3-13-12-22-9-7-14(13)10-19(22)20(23)16-6-8-21-18-5-4-15(24-2)11-17(16)18;1-2-6-10-8-4-3-7-9(10)5-1/h3-6,8,11,13-14,19-20,23H,1,7,9-10,12H2,2H3;1-8H/t13-,14-,19-,20+;/m0./s1. The molecule has 3 saturated heterocycles. The average molecular weight is 453 g/mol. The van der Waals surface area contributed by atoms with Crippen molar-refractivity contribution in [1.29, 1.82) is 0 Å². The number of fused-ring (bicyclic) bond motifs is 5. The molecule has 4 heteroatoms. The Bertz CT molecular complexity index is 1220. The van der Waals surface area contributed by atoms with Gasteiger partial charge in [-0.05, 0) is 71.8 Å². The summed E-state index contributed by atoms with van der Waals surface area (Å²) in [5, 5.41) is 14.8. The lowest BCUT2D eigenvalue weighted by Crippen LogP contribution is -2.54. The third-order valence-electron chi connectivity index (χ3n) is 7.48. The largest absolute Gasteiger partial charge is 0.497 e. The van der Waals surface area contributed by atoms with Crippen molar-refractivity contribution in [2.45, 2.75) is 25.0 Å². The number of benzene rings is 3. The zero-order valence-corrected chi connectivity index (χ0v) is 19.7. The summed E-state index contributed by atoms with van der Waals surface area (Å²) in [6, 6.07) is 24.7. The van der Waals surface area contributed by atoms with E-state index in [1.54, 1.807) is 13.3 Å². The molecule has 4 aromatic rings. The van der Waals surface area contributed by atoms with Crippen molar-refractivity contribution < 1.29 is 9.84 Å². The monoisotopic (exact) mass is 452 g/mol. The summed E-state index contributed by atoms with van der Waals surface area (Å²) in [6.45, 7) is 6.07. The first-order valence-corrected chi connectivity index (χ1v) is 12.1. The first-order chi connectivity index (χ1) is 16.7. The first-order valence-electron chi connectivity index (χ1n) is 12.1. The van der Waals surface area contributed by atoms with Gasteiger partial charge < -0.3 is 9.84 Å². The molecule has 34 heavy (non-hydrogen) atoms. The van der Waals surface area contributed by atoms with Gasteiger partial charge in [-0.1, -0.05) is 54.6 Å². The van der Waals surface area contributed by atoms with E-state index in [1.807, 2.05) is 24.3 Å². The van der Waals surface area contributed by atoms with Gasteiger partial charge in [0.15, 0.2) is 0 Å². The van der Waals surface area contributed by atoms with E-state index in [4.69, 9.17) is 4.74 Å². The highest BCUT2D eigenvalue weighted by Gasteiger charge is 2.42. The van der Waals surface area contributed by atoms with Crippen LogP contribution in [0.2, 0.25) is 0 Å². The highest BCUT2D eigenvalue weighted by atomic mass is 16.5. The van der Waals surface area contributed by atoms with Gasteiger partial charge in [0.2, 0.25) is 0 Å². The smallest absolute Gasteiger partial charge is 0.119 e. The zero-order chi connectivity index (χ0) is 23.5. The lowest BCUT2D eigenvalue weighted by molar-refractivity contribution is -0.0444. The molecule has 0 spiro atoms. The summed E-state index contributed by atoms with van der Waals surface area (Å²) in [5.41, 5.74) is 1.85. The zero-order valence-electron chi connectivity index (χ0n) is 19.7. The lowest BCUT2D eigenvalue weighted by atomic mass is 9.73. The molecule has 1 unspecified atom stereocenters. The molecule has 0 aliphatic carbocycles. The van der Waals surface area contributed by atoms with Crippen molar-refractivity contribution in [3.8, 4) is 5.75 Å². The Morgan fingerprint density at radius 3 is 2.35 bits per heavy atom. The fourth-order valence-corrected chi connectivity index (χ4v) is 5.58. The van der Waals surface area contributed by atoms with E-state index in [9.17, 15) is 5.11 Å². The summed E-state index contributed by atoms with van der Waals surface area (Å²) in [7, 11) is 1.66. The first kappa shape index (κ1) is 22.6. The van der Waals surface area contributed by atoms with Crippen LogP contribution in [0.15, 0.2) is 91.6 Å². The molecule has 3 aliphatic rings. The maximum absolute atomic E-state index is 11.2. The summed E-state index contributed by atoms with van der Waals surface area (Å²) in [5.74, 6) is 2.01. The molecule has 5 atom stereocenters. The van der Waals surface area contributed by atoms with E-state index < -0.39 is 6.10 Å². The van der Waals surface area contributed by atoms with Gasteiger partial charge in [-0.3, -0.25) is 9.88 Å². The van der Waals surface area contributed by atoms with Gasteiger partial charge in [0.25, 0.3) is 0 Å². The molecule has 2 bridgehead atoms. The molecule has 174 valence electrons. The van der Waals surface area contributed by atoms with Crippen molar-refractivity contribution in [2.24, 2.45) is 11.8 Å². The Labute approximate surface area is 201 Å². The van der Waals surface area contributed by atoms with E-state index in [0.717, 1.165) is 41.7 Å². The predicted molar refractivity (Wildman–Crippen MR) is 139 cm³/mol. The third-order valence-corrected chi connectivity index (χ3v) is 7.48. The van der Waals surface area contributed by atoms with Crippen molar-refractivity contribution in [1.82, 2.24) is 9.88 Å². The van der Waals surface area contributed by atoms with Gasteiger partial charge >= 0.3 is 0 Å². The molecule has 3 aliphatic heterocycles. The van der Waals surface area contributed by atoms with Crippen molar-refractivity contribution >= 4 is 21.7 Å². The van der Waals surface area contributed by atoms with Gasteiger partial charge in [-0.25, -0.2) is 0 Å². The van der Waals surface area contributed by atoms with E-state index in [0.29, 0.717) is 11.8 Å². The molecule has 4 heterocycles. The number of aliphatic hydroxyl groups excluding tert-OH is 1. The van der Waals surface area contributed by atoms with Crippen molar-refractivity contribution in [3.05, 3.63) is 97.2 Å². The molecule has 3 fully saturated rings. The Hall–Kier alpha value is -3.21. The number of nitrogens with zero attached hydrogens (tertiary/aromatic N) is 2. The summed E-state index contributed by atoms with van der Waals surface area (Å²) in [6.07, 6.45) is 5.62. The quantitative estimate of drug-likeness (QED) is 0.385. The van der Waals surface area contributed by atoms with Crippen LogP contribution in [-0.4, -0.2) is 41.2 Å². The predicted octanol–water partition coefficient (Wildman–Crippen LogP) is 6.01. The minimum absolute atomic E-state index is 0.178. The van der Waals surface area contributed by atoms with Gasteiger partial charge in [0, 0.05) is 24.2 Å². The van der Waals surface area contributed by atoms with Crippen LogP contribution >= 0.6 is 0 Å². The molecule has 1 N–H and O–H groups in total. The number of aromatic nitrogens is 1. The number of hydrogen-bond donors (Lipinski definition) is 1. The van der Waals surface area contributed by atoms with Crippen LogP contribution < -0.4 is 4.74 Å². The fraction of sp³-hybridized carbons (Fsp3) is 0.300. The topological polar surface area (TPSA) is 45.6 Å². The van der Waals surface area contributed by atoms with Gasteiger partial charge in [0.1, 0.15) is 5.75 Å². The van der Waals surface area contributed by atoms with Gasteiger partial charge in [-0.2, -0.15) is 0 Å². The highest BCUT2D eigenvalue weighted by molar-refractivity contribution is 5.84. The number of aliphatic hydroxyl groups is 1. The number of ether oxygens (including phenoxy) is 1. The maximum Gasteiger partial charge on any atom is 0.119 e.